The van der Waals surface area contributed by atoms with Crippen molar-refractivity contribution in [2.24, 2.45) is 0 Å². The molecule has 0 saturated heterocycles. The van der Waals surface area contributed by atoms with Gasteiger partial charge in [-0.25, -0.2) is 0 Å². The maximum Gasteiger partial charge on any atom is 0.282 e. The number of nitrogens with zero attached hydrogens (tertiary/aromatic N) is 2. The first-order valence-electron chi connectivity index (χ1n) is 8.18. The zero-order chi connectivity index (χ0) is 18.1. The summed E-state index contributed by atoms with van der Waals surface area (Å²) in [4.78, 5) is 11.3. The van der Waals surface area contributed by atoms with Crippen molar-refractivity contribution < 1.29 is 9.66 Å². The van der Waals surface area contributed by atoms with Crippen LogP contribution in [0.2, 0.25) is 0 Å². The van der Waals surface area contributed by atoms with Crippen molar-refractivity contribution in [3.05, 3.63) is 89.0 Å². The van der Waals surface area contributed by atoms with Crippen molar-refractivity contribution in [3.63, 3.8) is 0 Å². The topological polar surface area (TPSA) is 57.3 Å². The number of ether oxygens (including phenoxy) is 1. The molecule has 4 rings (SSSR count). The third kappa shape index (κ3) is 2.59. The van der Waals surface area contributed by atoms with E-state index in [0.717, 1.165) is 22.3 Å². The first-order chi connectivity index (χ1) is 12.7. The Morgan fingerprint density at radius 3 is 2.38 bits per heavy atom. The second kappa shape index (κ2) is 6.37. The minimum Gasteiger partial charge on any atom is -0.497 e. The first kappa shape index (κ1) is 15.9. The molecule has 0 fully saturated rings. The van der Waals surface area contributed by atoms with Crippen molar-refractivity contribution in [1.82, 2.24) is 4.57 Å². The lowest BCUT2D eigenvalue weighted by Crippen LogP contribution is -1.99. The Morgan fingerprint density at radius 2 is 1.65 bits per heavy atom. The summed E-state index contributed by atoms with van der Waals surface area (Å²) in [6.45, 7) is 0. The molecule has 0 spiro atoms. The number of methoxy groups -OCH3 is 1. The molecule has 128 valence electrons. The SMILES string of the molecule is COc1ccc(-c2cc3ccccc3n2-c2ccccc2)c([N+](=O)[O-])c1. The quantitative estimate of drug-likeness (QED) is 0.377. The molecule has 0 unspecified atom stereocenters. The highest BCUT2D eigenvalue weighted by atomic mass is 16.6. The molecule has 3 aromatic carbocycles. The molecule has 1 aromatic heterocycles. The van der Waals surface area contributed by atoms with Gasteiger partial charge in [0.15, 0.2) is 0 Å². The second-order valence-corrected chi connectivity index (χ2v) is 5.90. The van der Waals surface area contributed by atoms with Crippen molar-refractivity contribution in [1.29, 1.82) is 0 Å². The van der Waals surface area contributed by atoms with Gasteiger partial charge in [-0.2, -0.15) is 0 Å². The van der Waals surface area contributed by atoms with E-state index >= 15 is 0 Å². The minimum absolute atomic E-state index is 0.0179. The number of hydrogen-bond donors (Lipinski definition) is 0. The van der Waals surface area contributed by atoms with Gasteiger partial charge in [0.05, 0.1) is 34.9 Å². The molecule has 1 heterocycles. The molecule has 0 N–H and O–H groups in total. The lowest BCUT2D eigenvalue weighted by Gasteiger charge is -2.12. The van der Waals surface area contributed by atoms with Crippen LogP contribution in [0.4, 0.5) is 5.69 Å². The van der Waals surface area contributed by atoms with Crippen LogP contribution in [0, 0.1) is 10.1 Å². The molecule has 0 atom stereocenters. The predicted molar refractivity (Wildman–Crippen MR) is 102 cm³/mol. The number of aromatic nitrogens is 1. The van der Waals surface area contributed by atoms with E-state index in [-0.39, 0.29) is 10.6 Å². The standard InChI is InChI=1S/C21H16N2O3/c1-26-17-11-12-18(21(14-17)23(24)25)20-13-15-7-5-6-10-19(15)22(20)16-8-3-2-4-9-16/h2-14H,1H3. The third-order valence-corrected chi connectivity index (χ3v) is 4.40. The van der Waals surface area contributed by atoms with Crippen LogP contribution >= 0.6 is 0 Å². The van der Waals surface area contributed by atoms with E-state index in [1.165, 1.54) is 13.2 Å². The van der Waals surface area contributed by atoms with Crippen LogP contribution in [0.25, 0.3) is 27.8 Å². The van der Waals surface area contributed by atoms with Crippen LogP contribution in [-0.4, -0.2) is 16.6 Å². The summed E-state index contributed by atoms with van der Waals surface area (Å²) >= 11 is 0. The Balaban J connectivity index is 2.06. The molecule has 5 nitrogen and oxygen atoms in total. The number of para-hydroxylation sites is 2. The van der Waals surface area contributed by atoms with Gasteiger partial charge >= 0.3 is 0 Å². The molecule has 0 radical (unpaired) electrons. The maximum atomic E-state index is 11.7. The van der Waals surface area contributed by atoms with Crippen LogP contribution in [0.15, 0.2) is 78.9 Å². The largest absolute Gasteiger partial charge is 0.497 e. The van der Waals surface area contributed by atoms with E-state index in [9.17, 15) is 10.1 Å². The van der Waals surface area contributed by atoms with Crippen LogP contribution in [0.1, 0.15) is 0 Å². The van der Waals surface area contributed by atoms with Crippen molar-refractivity contribution in [2.75, 3.05) is 7.11 Å². The van der Waals surface area contributed by atoms with E-state index in [1.807, 2.05) is 65.2 Å². The fraction of sp³-hybridized carbons (Fsp3) is 0.0476. The first-order valence-corrected chi connectivity index (χ1v) is 8.18. The Labute approximate surface area is 150 Å². The van der Waals surface area contributed by atoms with Gasteiger partial charge in [-0.15, -0.1) is 0 Å². The predicted octanol–water partition coefficient (Wildman–Crippen LogP) is 5.21. The highest BCUT2D eigenvalue weighted by molar-refractivity contribution is 5.91. The molecule has 0 amide bonds. The number of fused-ring (bicyclic) bond motifs is 1. The van der Waals surface area contributed by atoms with Gasteiger partial charge in [0.2, 0.25) is 0 Å². The Morgan fingerprint density at radius 1 is 0.923 bits per heavy atom. The normalized spacial score (nSPS) is 10.8. The van der Waals surface area contributed by atoms with E-state index < -0.39 is 0 Å². The summed E-state index contributed by atoms with van der Waals surface area (Å²) in [5.74, 6) is 0.461. The molecule has 0 aliphatic heterocycles. The molecule has 0 saturated carbocycles. The number of hydrogen-bond acceptors (Lipinski definition) is 3. The highest BCUT2D eigenvalue weighted by Gasteiger charge is 2.21. The monoisotopic (exact) mass is 344 g/mol. The zero-order valence-corrected chi connectivity index (χ0v) is 14.1. The Kier molecular flexibility index (Phi) is 3.89. The van der Waals surface area contributed by atoms with Gasteiger partial charge in [-0.05, 0) is 36.4 Å². The fourth-order valence-corrected chi connectivity index (χ4v) is 3.21. The lowest BCUT2D eigenvalue weighted by molar-refractivity contribution is -0.384. The summed E-state index contributed by atoms with van der Waals surface area (Å²) < 4.78 is 7.20. The van der Waals surface area contributed by atoms with Crippen molar-refractivity contribution in [2.45, 2.75) is 0 Å². The Hall–Kier alpha value is -3.60. The van der Waals surface area contributed by atoms with Crippen LogP contribution in [0.3, 0.4) is 0 Å². The summed E-state index contributed by atoms with van der Waals surface area (Å²) in [5, 5.41) is 12.7. The van der Waals surface area contributed by atoms with Crippen molar-refractivity contribution in [3.8, 4) is 22.7 Å². The number of benzene rings is 3. The van der Waals surface area contributed by atoms with Gasteiger partial charge in [0, 0.05) is 11.1 Å². The Bertz CT molecular complexity index is 1100. The summed E-state index contributed by atoms with van der Waals surface area (Å²) in [5.41, 5.74) is 3.29. The molecular weight excluding hydrogens is 328 g/mol. The van der Waals surface area contributed by atoms with Gasteiger partial charge < -0.3 is 9.30 Å². The summed E-state index contributed by atoms with van der Waals surface area (Å²) in [6, 6.07) is 24.7. The number of rotatable bonds is 4. The van der Waals surface area contributed by atoms with Crippen molar-refractivity contribution >= 4 is 16.6 Å². The summed E-state index contributed by atoms with van der Waals surface area (Å²) in [7, 11) is 1.50. The van der Waals surface area contributed by atoms with Gasteiger partial charge in [0.25, 0.3) is 5.69 Å². The molecule has 0 bridgehead atoms. The average Bonchev–Trinajstić information content (AvgIpc) is 3.07. The van der Waals surface area contributed by atoms with E-state index in [1.54, 1.807) is 12.1 Å². The summed E-state index contributed by atoms with van der Waals surface area (Å²) in [6.07, 6.45) is 0. The highest BCUT2D eigenvalue weighted by Crippen LogP contribution is 2.38. The minimum atomic E-state index is -0.370. The molecule has 4 aromatic rings. The van der Waals surface area contributed by atoms with Gasteiger partial charge in [-0.1, -0.05) is 36.4 Å². The van der Waals surface area contributed by atoms with Gasteiger partial charge in [0.1, 0.15) is 5.75 Å². The number of nitro benzene ring substituents is 1. The van der Waals surface area contributed by atoms with Gasteiger partial charge in [-0.3, -0.25) is 10.1 Å². The zero-order valence-electron chi connectivity index (χ0n) is 14.1. The fourth-order valence-electron chi connectivity index (χ4n) is 3.21. The van der Waals surface area contributed by atoms with E-state index in [2.05, 4.69) is 0 Å². The molecular formula is C21H16N2O3. The molecule has 5 heteroatoms. The molecule has 26 heavy (non-hydrogen) atoms. The lowest BCUT2D eigenvalue weighted by atomic mass is 10.1. The van der Waals surface area contributed by atoms with Crippen LogP contribution in [0.5, 0.6) is 5.75 Å². The third-order valence-electron chi connectivity index (χ3n) is 4.40. The molecule has 0 aliphatic rings. The van der Waals surface area contributed by atoms with Crippen LogP contribution in [-0.2, 0) is 0 Å². The second-order valence-electron chi connectivity index (χ2n) is 5.90. The smallest absolute Gasteiger partial charge is 0.282 e. The number of nitro groups is 1. The maximum absolute atomic E-state index is 11.7. The average molecular weight is 344 g/mol. The van der Waals surface area contributed by atoms with E-state index in [0.29, 0.717) is 11.3 Å². The van der Waals surface area contributed by atoms with E-state index in [4.69, 9.17) is 4.74 Å². The van der Waals surface area contributed by atoms with Crippen LogP contribution < -0.4 is 4.74 Å². The molecule has 0 aliphatic carbocycles.